The van der Waals surface area contributed by atoms with E-state index < -0.39 is 0 Å². The number of halogens is 1. The summed E-state index contributed by atoms with van der Waals surface area (Å²) in [7, 11) is 0. The van der Waals surface area contributed by atoms with Gasteiger partial charge in [-0.25, -0.2) is 4.39 Å². The Kier molecular flexibility index (Phi) is 5.11. The van der Waals surface area contributed by atoms with Gasteiger partial charge in [-0.3, -0.25) is 4.90 Å². The van der Waals surface area contributed by atoms with Crippen LogP contribution in [0.5, 0.6) is 0 Å². The highest BCUT2D eigenvalue weighted by Crippen LogP contribution is 2.14. The topological polar surface area (TPSA) is 32.7 Å². The number of ether oxygens (including phenoxy) is 1. The number of aliphatic hydroxyl groups excluding tert-OH is 1. The van der Waals surface area contributed by atoms with Crippen LogP contribution in [0.2, 0.25) is 0 Å². The molecule has 1 atom stereocenters. The lowest BCUT2D eigenvalue weighted by Crippen LogP contribution is -2.33. The van der Waals surface area contributed by atoms with Gasteiger partial charge in [-0.05, 0) is 30.0 Å². The first-order valence-electron chi connectivity index (χ1n) is 6.43. The molecule has 1 aromatic carbocycles. The largest absolute Gasteiger partial charge is 0.395 e. The highest BCUT2D eigenvalue weighted by Gasteiger charge is 2.18. The first kappa shape index (κ1) is 13.5. The van der Waals surface area contributed by atoms with Crippen LogP contribution < -0.4 is 0 Å². The van der Waals surface area contributed by atoms with Crippen LogP contribution in [-0.2, 0) is 11.2 Å². The monoisotopic (exact) mass is 253 g/mol. The summed E-state index contributed by atoms with van der Waals surface area (Å²) in [5.74, 6) is 0.176. The van der Waals surface area contributed by atoms with E-state index in [0.29, 0.717) is 25.7 Å². The average Bonchev–Trinajstić information content (AvgIpc) is 2.55. The fourth-order valence-corrected chi connectivity index (χ4v) is 2.42. The van der Waals surface area contributed by atoms with Crippen molar-refractivity contribution in [3.05, 3.63) is 35.6 Å². The summed E-state index contributed by atoms with van der Waals surface area (Å²) in [5, 5.41) is 8.99. The van der Waals surface area contributed by atoms with Crippen LogP contribution in [0, 0.1) is 11.7 Å². The summed E-state index contributed by atoms with van der Waals surface area (Å²) in [4.78, 5) is 2.21. The van der Waals surface area contributed by atoms with Gasteiger partial charge in [0, 0.05) is 19.6 Å². The summed E-state index contributed by atoms with van der Waals surface area (Å²) >= 11 is 0. The van der Waals surface area contributed by atoms with E-state index in [1.807, 2.05) is 6.07 Å². The van der Waals surface area contributed by atoms with Crippen molar-refractivity contribution in [1.82, 2.24) is 4.90 Å². The highest BCUT2D eigenvalue weighted by atomic mass is 19.1. The van der Waals surface area contributed by atoms with Crippen LogP contribution in [0.15, 0.2) is 24.3 Å². The van der Waals surface area contributed by atoms with E-state index in [4.69, 9.17) is 9.84 Å². The van der Waals surface area contributed by atoms with Crippen molar-refractivity contribution < 1.29 is 14.2 Å². The predicted octanol–water partition coefficient (Wildman–Crippen LogP) is 1.31. The first-order valence-corrected chi connectivity index (χ1v) is 6.43. The Morgan fingerprint density at radius 1 is 1.44 bits per heavy atom. The van der Waals surface area contributed by atoms with E-state index in [9.17, 15) is 4.39 Å². The van der Waals surface area contributed by atoms with Gasteiger partial charge in [0.2, 0.25) is 0 Å². The Morgan fingerprint density at radius 3 is 3.11 bits per heavy atom. The van der Waals surface area contributed by atoms with E-state index in [1.165, 1.54) is 6.07 Å². The molecule has 0 radical (unpaired) electrons. The van der Waals surface area contributed by atoms with Crippen LogP contribution >= 0.6 is 0 Å². The smallest absolute Gasteiger partial charge is 0.123 e. The lowest BCUT2D eigenvalue weighted by Gasteiger charge is -2.22. The summed E-state index contributed by atoms with van der Waals surface area (Å²) < 4.78 is 18.7. The summed E-state index contributed by atoms with van der Waals surface area (Å²) in [6.45, 7) is 4.03. The third-order valence-electron chi connectivity index (χ3n) is 3.25. The van der Waals surface area contributed by atoms with Gasteiger partial charge in [-0.1, -0.05) is 12.1 Å². The lowest BCUT2D eigenvalue weighted by atomic mass is 9.99. The Morgan fingerprint density at radius 2 is 2.33 bits per heavy atom. The van der Waals surface area contributed by atoms with Crippen molar-refractivity contribution in [3.63, 3.8) is 0 Å². The van der Waals surface area contributed by atoms with E-state index in [1.54, 1.807) is 12.1 Å². The summed E-state index contributed by atoms with van der Waals surface area (Å²) in [6.07, 6.45) is 0.819. The second-order valence-electron chi connectivity index (χ2n) is 4.80. The standard InChI is InChI=1S/C14H20FNO2/c15-14-3-1-2-12(9-14)8-13-10-16(4-6-17)5-7-18-11-13/h1-3,9,13,17H,4-8,10-11H2. The van der Waals surface area contributed by atoms with Crippen molar-refractivity contribution in [2.75, 3.05) is 39.5 Å². The van der Waals surface area contributed by atoms with E-state index in [-0.39, 0.29) is 12.4 Å². The van der Waals surface area contributed by atoms with Gasteiger partial charge in [0.1, 0.15) is 5.82 Å². The molecule has 2 rings (SSSR count). The molecule has 0 saturated carbocycles. The zero-order chi connectivity index (χ0) is 12.8. The van der Waals surface area contributed by atoms with Gasteiger partial charge < -0.3 is 9.84 Å². The number of nitrogens with zero attached hydrogens (tertiary/aromatic N) is 1. The van der Waals surface area contributed by atoms with E-state index in [2.05, 4.69) is 4.90 Å². The van der Waals surface area contributed by atoms with Crippen LogP contribution in [0.3, 0.4) is 0 Å². The lowest BCUT2D eigenvalue weighted by molar-refractivity contribution is 0.121. The Hall–Kier alpha value is -0.970. The minimum atomic E-state index is -0.186. The fourth-order valence-electron chi connectivity index (χ4n) is 2.42. The first-order chi connectivity index (χ1) is 8.78. The third kappa shape index (κ3) is 4.05. The third-order valence-corrected chi connectivity index (χ3v) is 3.25. The number of β-amino-alcohol motifs (C(OH)–C–C–N with tert-alkyl or cyclic N) is 1. The maximum Gasteiger partial charge on any atom is 0.123 e. The molecule has 1 saturated heterocycles. The zero-order valence-electron chi connectivity index (χ0n) is 10.5. The molecular weight excluding hydrogens is 233 g/mol. The fraction of sp³-hybridized carbons (Fsp3) is 0.571. The van der Waals surface area contributed by atoms with Gasteiger partial charge in [0.05, 0.1) is 19.8 Å². The number of hydrogen-bond donors (Lipinski definition) is 1. The number of rotatable bonds is 4. The summed E-state index contributed by atoms with van der Waals surface area (Å²) in [6, 6.07) is 6.74. The Labute approximate surface area is 107 Å². The molecule has 1 N–H and O–H groups in total. The van der Waals surface area contributed by atoms with Crippen LogP contribution in [0.4, 0.5) is 4.39 Å². The van der Waals surface area contributed by atoms with Gasteiger partial charge in [0.15, 0.2) is 0 Å². The maximum atomic E-state index is 13.1. The quantitative estimate of drug-likeness (QED) is 0.878. The predicted molar refractivity (Wildman–Crippen MR) is 67.9 cm³/mol. The molecule has 1 aromatic rings. The Balaban J connectivity index is 1.94. The molecule has 1 heterocycles. The molecule has 0 bridgehead atoms. The highest BCUT2D eigenvalue weighted by molar-refractivity contribution is 5.17. The van der Waals surface area contributed by atoms with Crippen molar-refractivity contribution in [2.24, 2.45) is 5.92 Å². The SMILES string of the molecule is OCCN1CCOCC(Cc2cccc(F)c2)C1. The molecule has 1 unspecified atom stereocenters. The van der Waals surface area contributed by atoms with Gasteiger partial charge >= 0.3 is 0 Å². The molecule has 1 fully saturated rings. The van der Waals surface area contributed by atoms with E-state index >= 15 is 0 Å². The van der Waals surface area contributed by atoms with Crippen molar-refractivity contribution in [1.29, 1.82) is 0 Å². The van der Waals surface area contributed by atoms with Crippen LogP contribution in [0.1, 0.15) is 5.56 Å². The average molecular weight is 253 g/mol. The molecule has 18 heavy (non-hydrogen) atoms. The zero-order valence-corrected chi connectivity index (χ0v) is 10.5. The summed E-state index contributed by atoms with van der Waals surface area (Å²) in [5.41, 5.74) is 1.01. The number of hydrogen-bond acceptors (Lipinski definition) is 3. The van der Waals surface area contributed by atoms with Gasteiger partial charge in [0.25, 0.3) is 0 Å². The second kappa shape index (κ2) is 6.83. The maximum absolute atomic E-state index is 13.1. The van der Waals surface area contributed by atoms with Crippen molar-refractivity contribution in [2.45, 2.75) is 6.42 Å². The normalized spacial score (nSPS) is 21.8. The molecule has 4 heteroatoms. The molecule has 3 nitrogen and oxygen atoms in total. The molecule has 1 aliphatic rings. The molecule has 100 valence electrons. The van der Waals surface area contributed by atoms with Gasteiger partial charge in [-0.15, -0.1) is 0 Å². The molecule has 1 aliphatic heterocycles. The van der Waals surface area contributed by atoms with Crippen molar-refractivity contribution in [3.8, 4) is 0 Å². The number of aliphatic hydroxyl groups is 1. The Bertz CT molecular complexity index is 373. The molecule has 0 aliphatic carbocycles. The molecule has 0 amide bonds. The van der Waals surface area contributed by atoms with Crippen molar-refractivity contribution >= 4 is 0 Å². The molecular formula is C14H20FNO2. The number of benzene rings is 1. The van der Waals surface area contributed by atoms with E-state index in [0.717, 1.165) is 25.1 Å². The minimum Gasteiger partial charge on any atom is -0.395 e. The second-order valence-corrected chi connectivity index (χ2v) is 4.80. The minimum absolute atomic E-state index is 0.173. The van der Waals surface area contributed by atoms with Crippen LogP contribution in [0.25, 0.3) is 0 Å². The molecule has 0 spiro atoms. The van der Waals surface area contributed by atoms with Gasteiger partial charge in [-0.2, -0.15) is 0 Å². The van der Waals surface area contributed by atoms with Crippen LogP contribution in [-0.4, -0.2) is 49.5 Å². The molecule has 0 aromatic heterocycles.